The summed E-state index contributed by atoms with van der Waals surface area (Å²) in [5.41, 5.74) is -1.02. The number of alkyl halides is 3. The van der Waals surface area contributed by atoms with Crippen LogP contribution in [0, 0.1) is 17.3 Å². The highest BCUT2D eigenvalue weighted by Crippen LogP contribution is 2.59. The number of rotatable bonds is 5. The van der Waals surface area contributed by atoms with E-state index < -0.39 is 23.6 Å². The summed E-state index contributed by atoms with van der Waals surface area (Å²) >= 11 is 1.39. The van der Waals surface area contributed by atoms with E-state index in [0.717, 1.165) is 31.1 Å². The number of carbonyl (C=O) groups is 2. The van der Waals surface area contributed by atoms with E-state index in [1.54, 1.807) is 0 Å². The normalized spacial score (nSPS) is 24.3. The number of ketones is 1. The van der Waals surface area contributed by atoms with Crippen LogP contribution in [0.5, 0.6) is 0 Å². The topological polar surface area (TPSA) is 63.6 Å². The number of aliphatic hydroxyl groups excluding tert-OH is 1. The molecule has 4 nitrogen and oxygen atoms in total. The van der Waals surface area contributed by atoms with Crippen LogP contribution in [0.1, 0.15) is 24.8 Å². The molecular formula is C19H19F3O4S. The van der Waals surface area contributed by atoms with E-state index in [9.17, 15) is 27.9 Å². The van der Waals surface area contributed by atoms with Crippen molar-refractivity contribution in [2.75, 3.05) is 12.9 Å². The summed E-state index contributed by atoms with van der Waals surface area (Å²) < 4.78 is 42.8. The number of esters is 1. The van der Waals surface area contributed by atoms with Crippen LogP contribution in [0.15, 0.2) is 41.0 Å². The monoisotopic (exact) mass is 400 g/mol. The van der Waals surface area contributed by atoms with E-state index in [1.807, 2.05) is 0 Å². The molecule has 0 bridgehead atoms. The van der Waals surface area contributed by atoms with Crippen molar-refractivity contribution in [1.82, 2.24) is 0 Å². The Morgan fingerprint density at radius 1 is 1.30 bits per heavy atom. The molecule has 2 atom stereocenters. The van der Waals surface area contributed by atoms with Gasteiger partial charge in [-0.2, -0.15) is 13.2 Å². The molecule has 1 aromatic carbocycles. The van der Waals surface area contributed by atoms with Crippen LogP contribution in [-0.4, -0.2) is 29.7 Å². The van der Waals surface area contributed by atoms with E-state index in [-0.39, 0.29) is 29.3 Å². The first kappa shape index (κ1) is 19.8. The highest BCUT2D eigenvalue weighted by molar-refractivity contribution is 7.99. The molecule has 3 rings (SSSR count). The molecule has 0 radical (unpaired) electrons. The Labute approximate surface area is 158 Å². The third kappa shape index (κ3) is 4.15. The SMILES string of the molecule is COC(=O)C1C(O)=CC(=O)CC1C1(CSc2ccc(C(F)(F)F)cc2)CC1. The first-order valence-electron chi connectivity index (χ1n) is 8.47. The molecule has 27 heavy (non-hydrogen) atoms. The number of hydrogen-bond donors (Lipinski definition) is 1. The van der Waals surface area contributed by atoms with Gasteiger partial charge < -0.3 is 9.84 Å². The average molecular weight is 400 g/mol. The van der Waals surface area contributed by atoms with E-state index >= 15 is 0 Å². The van der Waals surface area contributed by atoms with Crippen molar-refractivity contribution in [2.24, 2.45) is 17.3 Å². The fourth-order valence-corrected chi connectivity index (χ4v) is 4.87. The van der Waals surface area contributed by atoms with Gasteiger partial charge in [0.1, 0.15) is 11.7 Å². The van der Waals surface area contributed by atoms with Gasteiger partial charge in [0.2, 0.25) is 0 Å². The van der Waals surface area contributed by atoms with Crippen LogP contribution in [0.4, 0.5) is 13.2 Å². The summed E-state index contributed by atoms with van der Waals surface area (Å²) in [6.45, 7) is 0. The van der Waals surface area contributed by atoms with E-state index in [4.69, 9.17) is 4.74 Å². The van der Waals surface area contributed by atoms with Gasteiger partial charge >= 0.3 is 12.1 Å². The fourth-order valence-electron chi connectivity index (χ4n) is 3.59. The van der Waals surface area contributed by atoms with Crippen LogP contribution in [0.3, 0.4) is 0 Å². The van der Waals surface area contributed by atoms with Gasteiger partial charge in [-0.1, -0.05) is 0 Å². The predicted molar refractivity (Wildman–Crippen MR) is 93.2 cm³/mol. The molecule has 1 N–H and O–H groups in total. The lowest BCUT2D eigenvalue weighted by atomic mass is 9.73. The Morgan fingerprint density at radius 2 is 1.93 bits per heavy atom. The number of methoxy groups -OCH3 is 1. The zero-order valence-electron chi connectivity index (χ0n) is 14.6. The van der Waals surface area contributed by atoms with Crippen LogP contribution < -0.4 is 0 Å². The van der Waals surface area contributed by atoms with Crippen molar-refractivity contribution in [3.63, 3.8) is 0 Å². The lowest BCUT2D eigenvalue weighted by Gasteiger charge is -2.34. The summed E-state index contributed by atoms with van der Waals surface area (Å²) in [4.78, 5) is 24.7. The number of benzene rings is 1. The molecule has 0 amide bonds. The van der Waals surface area contributed by atoms with Gasteiger partial charge in [0.25, 0.3) is 0 Å². The van der Waals surface area contributed by atoms with Gasteiger partial charge in [-0.25, -0.2) is 0 Å². The number of allylic oxidation sites excluding steroid dienone is 1. The van der Waals surface area contributed by atoms with Crippen molar-refractivity contribution in [3.05, 3.63) is 41.7 Å². The minimum absolute atomic E-state index is 0.150. The van der Waals surface area contributed by atoms with E-state index in [1.165, 1.54) is 31.0 Å². The Morgan fingerprint density at radius 3 is 2.44 bits per heavy atom. The molecule has 0 heterocycles. The minimum atomic E-state index is -4.37. The Hall–Kier alpha value is -1.96. The Balaban J connectivity index is 1.73. The maximum absolute atomic E-state index is 12.7. The molecule has 1 saturated carbocycles. The van der Waals surface area contributed by atoms with Gasteiger partial charge in [-0.05, 0) is 48.4 Å². The summed E-state index contributed by atoms with van der Waals surface area (Å²) in [5.74, 6) is -1.77. The molecule has 1 aromatic rings. The maximum atomic E-state index is 12.7. The number of aliphatic hydroxyl groups is 1. The van der Waals surface area contributed by atoms with Crippen molar-refractivity contribution >= 4 is 23.5 Å². The number of ether oxygens (including phenoxy) is 1. The van der Waals surface area contributed by atoms with Crippen LogP contribution >= 0.6 is 11.8 Å². The summed E-state index contributed by atoms with van der Waals surface area (Å²) in [7, 11) is 1.24. The van der Waals surface area contributed by atoms with Gasteiger partial charge in [0.05, 0.1) is 12.7 Å². The average Bonchev–Trinajstić information content (AvgIpc) is 3.39. The van der Waals surface area contributed by atoms with Crippen LogP contribution in [-0.2, 0) is 20.5 Å². The third-order valence-corrected chi connectivity index (χ3v) is 6.62. The Bertz CT molecular complexity index is 766. The maximum Gasteiger partial charge on any atom is 0.416 e. The second-order valence-electron chi connectivity index (χ2n) is 7.02. The second-order valence-corrected chi connectivity index (χ2v) is 8.07. The number of hydrogen-bond acceptors (Lipinski definition) is 5. The highest BCUT2D eigenvalue weighted by Gasteiger charge is 2.56. The number of carbonyl (C=O) groups excluding carboxylic acids is 2. The molecule has 0 saturated heterocycles. The van der Waals surface area contributed by atoms with Gasteiger partial charge in [-0.3, -0.25) is 9.59 Å². The van der Waals surface area contributed by atoms with Crippen molar-refractivity contribution in [1.29, 1.82) is 0 Å². The highest BCUT2D eigenvalue weighted by atomic mass is 32.2. The standard InChI is InChI=1S/C19H19F3O4S/c1-26-17(25)16-14(8-12(23)9-15(16)24)18(6-7-18)10-27-13-4-2-11(3-5-13)19(20,21)22/h2-5,9,14,16,24H,6-8,10H2,1H3. The molecule has 1 fully saturated rings. The van der Waals surface area contributed by atoms with E-state index in [2.05, 4.69) is 0 Å². The number of halogens is 3. The second kappa shape index (κ2) is 7.22. The molecule has 2 aliphatic carbocycles. The lowest BCUT2D eigenvalue weighted by molar-refractivity contribution is -0.148. The largest absolute Gasteiger partial charge is 0.511 e. The first-order valence-corrected chi connectivity index (χ1v) is 9.46. The van der Waals surface area contributed by atoms with E-state index in [0.29, 0.717) is 10.6 Å². The molecule has 2 unspecified atom stereocenters. The van der Waals surface area contributed by atoms with Crippen molar-refractivity contribution in [3.8, 4) is 0 Å². The summed E-state index contributed by atoms with van der Waals surface area (Å²) in [6, 6.07) is 4.92. The van der Waals surface area contributed by atoms with Crippen LogP contribution in [0.2, 0.25) is 0 Å². The zero-order valence-corrected chi connectivity index (χ0v) is 15.4. The molecule has 2 aliphatic rings. The molecule has 0 aromatic heterocycles. The molecule has 8 heteroatoms. The van der Waals surface area contributed by atoms with Gasteiger partial charge in [0.15, 0.2) is 5.78 Å². The smallest absolute Gasteiger partial charge is 0.416 e. The first-order chi connectivity index (χ1) is 12.7. The van der Waals surface area contributed by atoms with Crippen molar-refractivity contribution < 1.29 is 32.6 Å². The minimum Gasteiger partial charge on any atom is -0.511 e. The van der Waals surface area contributed by atoms with Gasteiger partial charge in [-0.15, -0.1) is 11.8 Å². The predicted octanol–water partition coefficient (Wildman–Crippen LogP) is 4.40. The molecule has 0 spiro atoms. The molecular weight excluding hydrogens is 381 g/mol. The number of thioether (sulfide) groups is 1. The lowest BCUT2D eigenvalue weighted by Crippen LogP contribution is -2.38. The summed E-state index contributed by atoms with van der Waals surface area (Å²) in [5, 5.41) is 10.1. The molecule has 0 aliphatic heterocycles. The quantitative estimate of drug-likeness (QED) is 0.586. The third-order valence-electron chi connectivity index (χ3n) is 5.29. The van der Waals surface area contributed by atoms with Crippen molar-refractivity contribution in [2.45, 2.75) is 30.3 Å². The Kier molecular flexibility index (Phi) is 5.29. The fraction of sp³-hybridized carbons (Fsp3) is 0.474. The zero-order chi connectivity index (χ0) is 19.8. The summed E-state index contributed by atoms with van der Waals surface area (Å²) in [6.07, 6.45) is -1.56. The molecule has 146 valence electrons. The van der Waals surface area contributed by atoms with Gasteiger partial charge in [0, 0.05) is 23.1 Å². The van der Waals surface area contributed by atoms with Crippen LogP contribution in [0.25, 0.3) is 0 Å².